The van der Waals surface area contributed by atoms with Gasteiger partial charge in [0.2, 0.25) is 5.91 Å². The van der Waals surface area contributed by atoms with Gasteiger partial charge in [-0.1, -0.05) is 0 Å². The predicted octanol–water partition coefficient (Wildman–Crippen LogP) is 1.24. The highest BCUT2D eigenvalue weighted by Gasteiger charge is 2.14. The number of thioether (sulfide) groups is 1. The molecule has 1 rings (SSSR count). The molecule has 0 aliphatic carbocycles. The first-order chi connectivity index (χ1) is 5.33. The number of halogens is 1. The van der Waals surface area contributed by atoms with Crippen LogP contribution in [0.3, 0.4) is 0 Å². The molecule has 64 valence electrons. The highest BCUT2D eigenvalue weighted by atomic mass is 35.5. The SMILES string of the molecule is O=C(CCl)NC1CCCSC1. The Morgan fingerprint density at radius 1 is 1.73 bits per heavy atom. The van der Waals surface area contributed by atoms with Crippen molar-refractivity contribution in [2.24, 2.45) is 0 Å². The molecule has 1 fully saturated rings. The molecule has 1 saturated heterocycles. The third-order valence-corrected chi connectivity index (χ3v) is 3.10. The number of hydrogen-bond acceptors (Lipinski definition) is 2. The van der Waals surface area contributed by atoms with E-state index in [2.05, 4.69) is 5.32 Å². The lowest BCUT2D eigenvalue weighted by molar-refractivity contribution is -0.119. The Bertz CT molecular complexity index is 136. The van der Waals surface area contributed by atoms with Crippen LogP contribution in [0.2, 0.25) is 0 Å². The van der Waals surface area contributed by atoms with Crippen molar-refractivity contribution in [2.75, 3.05) is 17.4 Å². The Labute approximate surface area is 76.1 Å². The van der Waals surface area contributed by atoms with Crippen LogP contribution in [0.5, 0.6) is 0 Å². The molecule has 0 aromatic carbocycles. The first kappa shape index (κ1) is 9.20. The van der Waals surface area contributed by atoms with Gasteiger partial charge >= 0.3 is 0 Å². The highest BCUT2D eigenvalue weighted by molar-refractivity contribution is 7.99. The third-order valence-electron chi connectivity index (χ3n) is 1.65. The van der Waals surface area contributed by atoms with Crippen molar-refractivity contribution in [1.29, 1.82) is 0 Å². The normalized spacial score (nSPS) is 24.6. The quantitative estimate of drug-likeness (QED) is 0.669. The van der Waals surface area contributed by atoms with E-state index in [-0.39, 0.29) is 11.8 Å². The Balaban J connectivity index is 2.19. The van der Waals surface area contributed by atoms with E-state index >= 15 is 0 Å². The average Bonchev–Trinajstić information content (AvgIpc) is 2.06. The van der Waals surface area contributed by atoms with Gasteiger partial charge in [0.05, 0.1) is 0 Å². The second-order valence-electron chi connectivity index (χ2n) is 2.62. The number of carbonyl (C=O) groups excluding carboxylic acids is 1. The van der Waals surface area contributed by atoms with Gasteiger partial charge in [-0.15, -0.1) is 11.6 Å². The van der Waals surface area contributed by atoms with Crippen molar-refractivity contribution in [3.63, 3.8) is 0 Å². The summed E-state index contributed by atoms with van der Waals surface area (Å²) in [5, 5.41) is 2.88. The van der Waals surface area contributed by atoms with Crippen molar-refractivity contribution in [2.45, 2.75) is 18.9 Å². The number of nitrogens with one attached hydrogen (secondary N) is 1. The molecule has 1 atom stereocenters. The molecule has 4 heteroatoms. The number of amides is 1. The zero-order chi connectivity index (χ0) is 8.10. The summed E-state index contributed by atoms with van der Waals surface area (Å²) in [7, 11) is 0. The maximum Gasteiger partial charge on any atom is 0.235 e. The van der Waals surface area contributed by atoms with Gasteiger partial charge < -0.3 is 5.32 Å². The van der Waals surface area contributed by atoms with E-state index < -0.39 is 0 Å². The molecule has 2 nitrogen and oxygen atoms in total. The van der Waals surface area contributed by atoms with Gasteiger partial charge in [-0.3, -0.25) is 4.79 Å². The van der Waals surface area contributed by atoms with Crippen molar-refractivity contribution in [1.82, 2.24) is 5.32 Å². The summed E-state index contributed by atoms with van der Waals surface area (Å²) in [5.74, 6) is 2.32. The van der Waals surface area contributed by atoms with E-state index in [0.717, 1.165) is 12.2 Å². The van der Waals surface area contributed by atoms with Crippen LogP contribution in [0.15, 0.2) is 0 Å². The lowest BCUT2D eigenvalue weighted by Gasteiger charge is -2.21. The van der Waals surface area contributed by atoms with Gasteiger partial charge in [0.15, 0.2) is 0 Å². The zero-order valence-corrected chi connectivity index (χ0v) is 7.88. The first-order valence-corrected chi connectivity index (χ1v) is 5.45. The van der Waals surface area contributed by atoms with E-state index in [1.807, 2.05) is 11.8 Å². The molecule has 0 aromatic rings. The van der Waals surface area contributed by atoms with Gasteiger partial charge in [-0.25, -0.2) is 0 Å². The van der Waals surface area contributed by atoms with Gasteiger partial charge in [-0.2, -0.15) is 11.8 Å². The van der Waals surface area contributed by atoms with Crippen LogP contribution in [0, 0.1) is 0 Å². The lowest BCUT2D eigenvalue weighted by Crippen LogP contribution is -2.38. The van der Waals surface area contributed by atoms with Crippen LogP contribution in [0.1, 0.15) is 12.8 Å². The molecule has 0 aromatic heterocycles. The summed E-state index contributed by atoms with van der Waals surface area (Å²) in [6, 6.07) is 0.361. The Kier molecular flexibility index (Phi) is 4.08. The minimum absolute atomic E-state index is 0.0424. The smallest absolute Gasteiger partial charge is 0.235 e. The molecule has 1 aliphatic heterocycles. The van der Waals surface area contributed by atoms with E-state index in [4.69, 9.17) is 11.6 Å². The van der Waals surface area contributed by atoms with Crippen LogP contribution in [-0.4, -0.2) is 29.3 Å². The van der Waals surface area contributed by atoms with Crippen molar-refractivity contribution in [3.05, 3.63) is 0 Å². The molecule has 1 aliphatic rings. The van der Waals surface area contributed by atoms with Crippen LogP contribution < -0.4 is 5.32 Å². The standard InChI is InChI=1S/C7H12ClNOS/c8-4-7(10)9-6-2-1-3-11-5-6/h6H,1-5H2,(H,9,10). The second-order valence-corrected chi connectivity index (χ2v) is 4.03. The molecule has 1 N–H and O–H groups in total. The molecule has 0 saturated carbocycles. The van der Waals surface area contributed by atoms with E-state index in [1.54, 1.807) is 0 Å². The summed E-state index contributed by atoms with van der Waals surface area (Å²) < 4.78 is 0. The zero-order valence-electron chi connectivity index (χ0n) is 6.31. The fourth-order valence-electron chi connectivity index (χ4n) is 1.12. The van der Waals surface area contributed by atoms with Gasteiger partial charge in [0, 0.05) is 11.8 Å². The van der Waals surface area contributed by atoms with Crippen molar-refractivity contribution >= 4 is 29.3 Å². The minimum atomic E-state index is -0.0424. The molecule has 0 radical (unpaired) electrons. The van der Waals surface area contributed by atoms with E-state index in [1.165, 1.54) is 12.2 Å². The van der Waals surface area contributed by atoms with Gasteiger partial charge in [0.25, 0.3) is 0 Å². The third kappa shape index (κ3) is 3.34. The second kappa shape index (κ2) is 4.88. The largest absolute Gasteiger partial charge is 0.352 e. The number of rotatable bonds is 2. The van der Waals surface area contributed by atoms with Crippen LogP contribution in [0.4, 0.5) is 0 Å². The number of alkyl halides is 1. The van der Waals surface area contributed by atoms with Crippen LogP contribution in [-0.2, 0) is 4.79 Å². The lowest BCUT2D eigenvalue weighted by atomic mass is 10.2. The first-order valence-electron chi connectivity index (χ1n) is 3.76. The fraction of sp³-hybridized carbons (Fsp3) is 0.857. The van der Waals surface area contributed by atoms with Crippen molar-refractivity contribution < 1.29 is 4.79 Å². The molecular weight excluding hydrogens is 182 g/mol. The average molecular weight is 194 g/mol. The molecule has 0 bridgehead atoms. The Morgan fingerprint density at radius 3 is 3.09 bits per heavy atom. The molecule has 1 heterocycles. The minimum Gasteiger partial charge on any atom is -0.352 e. The molecule has 1 unspecified atom stereocenters. The molecule has 1 amide bonds. The summed E-state index contributed by atoms with van der Waals surface area (Å²) in [4.78, 5) is 10.8. The number of hydrogen-bond donors (Lipinski definition) is 1. The molecule has 0 spiro atoms. The highest BCUT2D eigenvalue weighted by Crippen LogP contribution is 2.16. The van der Waals surface area contributed by atoms with E-state index in [9.17, 15) is 4.79 Å². The molecule has 11 heavy (non-hydrogen) atoms. The van der Waals surface area contributed by atoms with Crippen LogP contribution in [0.25, 0.3) is 0 Å². The summed E-state index contributed by atoms with van der Waals surface area (Å²) in [6.45, 7) is 0. The maximum absolute atomic E-state index is 10.8. The van der Waals surface area contributed by atoms with Crippen LogP contribution >= 0.6 is 23.4 Å². The van der Waals surface area contributed by atoms with Crippen molar-refractivity contribution in [3.8, 4) is 0 Å². The summed E-state index contributed by atoms with van der Waals surface area (Å²) >= 11 is 7.25. The number of carbonyl (C=O) groups is 1. The monoisotopic (exact) mass is 193 g/mol. The summed E-state index contributed by atoms with van der Waals surface area (Å²) in [5.41, 5.74) is 0. The van der Waals surface area contributed by atoms with Gasteiger partial charge in [0.1, 0.15) is 5.88 Å². The summed E-state index contributed by atoms with van der Waals surface area (Å²) in [6.07, 6.45) is 2.31. The topological polar surface area (TPSA) is 29.1 Å². The predicted molar refractivity (Wildman–Crippen MR) is 49.2 cm³/mol. The Morgan fingerprint density at radius 2 is 2.55 bits per heavy atom. The Hall–Kier alpha value is 0.110. The fourth-order valence-corrected chi connectivity index (χ4v) is 2.27. The molecular formula is C7H12ClNOS. The maximum atomic E-state index is 10.8. The van der Waals surface area contributed by atoms with E-state index in [0.29, 0.717) is 6.04 Å². The van der Waals surface area contributed by atoms with Gasteiger partial charge in [-0.05, 0) is 18.6 Å².